The number of imide groups is 1. The van der Waals surface area contributed by atoms with Crippen molar-refractivity contribution in [2.45, 2.75) is 13.5 Å². The molecule has 0 unspecified atom stereocenters. The van der Waals surface area contributed by atoms with E-state index in [1.54, 1.807) is 25.1 Å². The largest absolute Gasteiger partial charge is 0.457 e. The molecule has 0 atom stereocenters. The summed E-state index contributed by atoms with van der Waals surface area (Å²) in [6, 6.07) is 14.7. The van der Waals surface area contributed by atoms with Crippen LogP contribution in [0.5, 0.6) is 0 Å². The first-order valence-corrected chi connectivity index (χ1v) is 9.84. The maximum Gasteiger partial charge on any atom is 0.338 e. The number of esters is 1. The predicted octanol–water partition coefficient (Wildman–Crippen LogP) is 4.71. The first-order valence-electron chi connectivity index (χ1n) is 9.46. The van der Waals surface area contributed by atoms with Crippen molar-refractivity contribution in [3.8, 4) is 0 Å². The van der Waals surface area contributed by atoms with Crippen LogP contribution in [0.2, 0.25) is 5.02 Å². The lowest BCUT2D eigenvalue weighted by atomic mass is 10.1. The molecule has 0 bridgehead atoms. The molecule has 0 saturated carbocycles. The van der Waals surface area contributed by atoms with Crippen LogP contribution in [-0.2, 0) is 11.3 Å². The summed E-state index contributed by atoms with van der Waals surface area (Å²) in [7, 11) is 0. The summed E-state index contributed by atoms with van der Waals surface area (Å²) >= 11 is 6.13. The number of nitro benzene ring substituents is 1. The smallest absolute Gasteiger partial charge is 0.338 e. The van der Waals surface area contributed by atoms with Crippen molar-refractivity contribution < 1.29 is 24.0 Å². The van der Waals surface area contributed by atoms with E-state index in [-0.39, 0.29) is 29.0 Å². The van der Waals surface area contributed by atoms with Crippen molar-refractivity contribution in [3.05, 3.63) is 104 Å². The molecule has 160 valence electrons. The summed E-state index contributed by atoms with van der Waals surface area (Å²) in [6.45, 7) is 1.61. The molecule has 3 aromatic carbocycles. The van der Waals surface area contributed by atoms with Gasteiger partial charge >= 0.3 is 5.97 Å². The van der Waals surface area contributed by atoms with Gasteiger partial charge in [0.1, 0.15) is 6.61 Å². The highest BCUT2D eigenvalue weighted by atomic mass is 35.5. The minimum atomic E-state index is -0.691. The number of benzene rings is 3. The maximum atomic E-state index is 13.0. The average molecular weight is 451 g/mol. The molecule has 0 radical (unpaired) electrons. The van der Waals surface area contributed by atoms with E-state index in [2.05, 4.69) is 0 Å². The van der Waals surface area contributed by atoms with Crippen LogP contribution >= 0.6 is 11.6 Å². The van der Waals surface area contributed by atoms with E-state index in [4.69, 9.17) is 16.3 Å². The molecule has 1 heterocycles. The zero-order valence-electron chi connectivity index (χ0n) is 16.7. The van der Waals surface area contributed by atoms with Gasteiger partial charge in [-0.2, -0.15) is 0 Å². The maximum absolute atomic E-state index is 13.0. The lowest BCUT2D eigenvalue weighted by Gasteiger charge is -2.17. The molecule has 0 fully saturated rings. The Morgan fingerprint density at radius 1 is 1.03 bits per heavy atom. The summed E-state index contributed by atoms with van der Waals surface area (Å²) in [5, 5.41) is 11.1. The number of hydrogen-bond donors (Lipinski definition) is 0. The lowest BCUT2D eigenvalue weighted by Crippen LogP contribution is -2.30. The van der Waals surface area contributed by atoms with E-state index in [9.17, 15) is 24.5 Å². The van der Waals surface area contributed by atoms with Gasteiger partial charge in [-0.05, 0) is 60.5 Å². The van der Waals surface area contributed by atoms with Crippen LogP contribution in [0.1, 0.15) is 42.2 Å². The van der Waals surface area contributed by atoms with Gasteiger partial charge < -0.3 is 4.74 Å². The van der Waals surface area contributed by atoms with Crippen molar-refractivity contribution in [3.63, 3.8) is 0 Å². The number of fused-ring (bicyclic) bond motifs is 1. The molecule has 1 aliphatic rings. The number of hydrogen-bond acceptors (Lipinski definition) is 6. The number of amides is 2. The molecule has 9 heteroatoms. The molecule has 32 heavy (non-hydrogen) atoms. The molecule has 0 aromatic heterocycles. The Balaban J connectivity index is 1.53. The van der Waals surface area contributed by atoms with Crippen molar-refractivity contribution in [1.82, 2.24) is 0 Å². The Morgan fingerprint density at radius 2 is 1.72 bits per heavy atom. The van der Waals surface area contributed by atoms with E-state index in [0.717, 1.165) is 4.90 Å². The van der Waals surface area contributed by atoms with Gasteiger partial charge in [0.15, 0.2) is 0 Å². The summed E-state index contributed by atoms with van der Waals surface area (Å²) < 4.78 is 5.25. The van der Waals surface area contributed by atoms with E-state index in [0.29, 0.717) is 21.8 Å². The molecular formula is C23H15ClN2O6. The second kappa shape index (κ2) is 8.24. The van der Waals surface area contributed by atoms with Gasteiger partial charge in [-0.3, -0.25) is 19.7 Å². The summed E-state index contributed by atoms with van der Waals surface area (Å²) in [5.41, 5.74) is 1.86. The Morgan fingerprint density at radius 3 is 2.41 bits per heavy atom. The number of rotatable bonds is 5. The third kappa shape index (κ3) is 3.72. The Labute approximate surface area is 187 Å². The number of nitro groups is 1. The molecule has 0 spiro atoms. The molecule has 4 rings (SSSR count). The van der Waals surface area contributed by atoms with Gasteiger partial charge in [-0.15, -0.1) is 0 Å². The molecular weight excluding hydrogens is 436 g/mol. The molecule has 8 nitrogen and oxygen atoms in total. The Hall–Kier alpha value is -4.04. The number of halogens is 1. The van der Waals surface area contributed by atoms with Crippen molar-refractivity contribution in [1.29, 1.82) is 0 Å². The zero-order chi connectivity index (χ0) is 23.0. The van der Waals surface area contributed by atoms with Gasteiger partial charge in [0.05, 0.1) is 27.3 Å². The normalized spacial score (nSPS) is 12.6. The van der Waals surface area contributed by atoms with E-state index in [1.165, 1.54) is 42.5 Å². The molecule has 0 saturated heterocycles. The highest BCUT2D eigenvalue weighted by molar-refractivity contribution is 6.36. The number of non-ortho nitro benzene ring substituents is 1. The molecule has 0 aliphatic carbocycles. The average Bonchev–Trinajstić information content (AvgIpc) is 3.04. The van der Waals surface area contributed by atoms with Gasteiger partial charge in [0.25, 0.3) is 17.5 Å². The fraction of sp³-hybridized carbons (Fsp3) is 0.0870. The van der Waals surface area contributed by atoms with Crippen molar-refractivity contribution >= 4 is 40.8 Å². The molecule has 0 N–H and O–H groups in total. The predicted molar refractivity (Wildman–Crippen MR) is 116 cm³/mol. The third-order valence-corrected chi connectivity index (χ3v) is 5.53. The standard InChI is InChI=1S/C23H15ClN2O6/c1-13-19(24)3-2-4-20(13)25-21(27)17-10-7-15(11-18(17)22(25)28)23(29)32-12-14-5-8-16(9-6-14)26(30)31/h2-11H,12H2,1H3. The van der Waals surface area contributed by atoms with Gasteiger partial charge in [0, 0.05) is 17.2 Å². The van der Waals surface area contributed by atoms with Gasteiger partial charge in [-0.25, -0.2) is 9.69 Å². The van der Waals surface area contributed by atoms with Gasteiger partial charge in [0.2, 0.25) is 0 Å². The van der Waals surface area contributed by atoms with Crippen LogP contribution < -0.4 is 4.90 Å². The minimum absolute atomic E-state index is 0.0682. The van der Waals surface area contributed by atoms with Crippen LogP contribution in [0.3, 0.4) is 0 Å². The Bertz CT molecular complexity index is 1290. The number of carbonyl (C=O) groups excluding carboxylic acids is 3. The van der Waals surface area contributed by atoms with Crippen LogP contribution in [0.15, 0.2) is 60.7 Å². The van der Waals surface area contributed by atoms with Crippen molar-refractivity contribution in [2.24, 2.45) is 0 Å². The zero-order valence-corrected chi connectivity index (χ0v) is 17.5. The SMILES string of the molecule is Cc1c(Cl)cccc1N1C(=O)c2ccc(C(=O)OCc3ccc([N+](=O)[O-])cc3)cc2C1=O. The second-order valence-electron chi connectivity index (χ2n) is 7.09. The number of anilines is 1. The van der Waals surface area contributed by atoms with E-state index >= 15 is 0 Å². The summed E-state index contributed by atoms with van der Waals surface area (Å²) in [4.78, 5) is 49.5. The number of nitrogens with zero attached hydrogens (tertiary/aromatic N) is 2. The quantitative estimate of drug-likeness (QED) is 0.241. The second-order valence-corrected chi connectivity index (χ2v) is 7.50. The highest BCUT2D eigenvalue weighted by Gasteiger charge is 2.38. The van der Waals surface area contributed by atoms with Crippen LogP contribution in [0, 0.1) is 17.0 Å². The summed E-state index contributed by atoms with van der Waals surface area (Å²) in [5.74, 6) is -1.75. The topological polar surface area (TPSA) is 107 Å². The first kappa shape index (κ1) is 21.2. The van der Waals surface area contributed by atoms with E-state index < -0.39 is 22.7 Å². The third-order valence-electron chi connectivity index (χ3n) is 5.12. The Kier molecular flexibility index (Phi) is 5.46. The van der Waals surface area contributed by atoms with Crippen LogP contribution in [0.25, 0.3) is 0 Å². The fourth-order valence-corrected chi connectivity index (χ4v) is 3.54. The molecule has 3 aromatic rings. The minimum Gasteiger partial charge on any atom is -0.457 e. The number of carbonyl (C=O) groups is 3. The van der Waals surface area contributed by atoms with Crippen LogP contribution in [0.4, 0.5) is 11.4 Å². The number of ether oxygens (including phenoxy) is 1. The van der Waals surface area contributed by atoms with Gasteiger partial charge in [-0.1, -0.05) is 17.7 Å². The monoisotopic (exact) mass is 450 g/mol. The highest BCUT2D eigenvalue weighted by Crippen LogP contribution is 2.33. The van der Waals surface area contributed by atoms with Crippen LogP contribution in [-0.4, -0.2) is 22.7 Å². The molecule has 1 aliphatic heterocycles. The van der Waals surface area contributed by atoms with E-state index in [1.807, 2.05) is 0 Å². The fourth-order valence-electron chi connectivity index (χ4n) is 3.37. The lowest BCUT2D eigenvalue weighted by molar-refractivity contribution is -0.384. The first-order chi connectivity index (χ1) is 15.3. The van der Waals surface area contributed by atoms with Crippen molar-refractivity contribution in [2.75, 3.05) is 4.90 Å². The molecule has 2 amide bonds. The summed E-state index contributed by atoms with van der Waals surface area (Å²) in [6.07, 6.45) is 0.